The zero-order valence-electron chi connectivity index (χ0n) is 13.9. The van der Waals surface area contributed by atoms with Gasteiger partial charge in [-0.3, -0.25) is 4.79 Å². The summed E-state index contributed by atoms with van der Waals surface area (Å²) < 4.78 is 15.4. The molecule has 0 N–H and O–H groups in total. The lowest BCUT2D eigenvalue weighted by atomic mass is 10.1. The highest BCUT2D eigenvalue weighted by atomic mass is 32.1. The Balaban J connectivity index is 1.26. The van der Waals surface area contributed by atoms with E-state index in [9.17, 15) is 4.79 Å². The predicted molar refractivity (Wildman–Crippen MR) is 102 cm³/mol. The molecule has 0 aliphatic carbocycles. The SMILES string of the molecule is Cc1cccc2sc(OC3CN(C(=O)c4ccc5nsnc5c4)C3)nc12. The smallest absolute Gasteiger partial charge is 0.274 e. The normalized spacial score (nSPS) is 14.7. The number of nitrogens with zero attached hydrogens (tertiary/aromatic N) is 4. The molecule has 1 aliphatic rings. The van der Waals surface area contributed by atoms with Crippen LogP contribution in [0.3, 0.4) is 0 Å². The molecule has 2 aromatic carbocycles. The van der Waals surface area contributed by atoms with Crippen LogP contribution in [-0.4, -0.2) is 43.7 Å². The van der Waals surface area contributed by atoms with Gasteiger partial charge in [0.1, 0.15) is 17.1 Å². The van der Waals surface area contributed by atoms with Gasteiger partial charge < -0.3 is 9.64 Å². The largest absolute Gasteiger partial charge is 0.463 e. The monoisotopic (exact) mass is 382 g/mol. The van der Waals surface area contributed by atoms with Crippen molar-refractivity contribution in [3.05, 3.63) is 47.5 Å². The van der Waals surface area contributed by atoms with Gasteiger partial charge in [0.2, 0.25) is 0 Å². The average Bonchev–Trinajstić information content (AvgIpc) is 3.23. The first-order chi connectivity index (χ1) is 12.7. The lowest BCUT2D eigenvalue weighted by molar-refractivity contribution is 0.0178. The average molecular weight is 382 g/mol. The van der Waals surface area contributed by atoms with E-state index in [1.54, 1.807) is 28.4 Å². The minimum atomic E-state index is -0.00973. The van der Waals surface area contributed by atoms with Gasteiger partial charge in [-0.1, -0.05) is 23.5 Å². The van der Waals surface area contributed by atoms with Gasteiger partial charge in [0.25, 0.3) is 11.1 Å². The van der Waals surface area contributed by atoms with Crippen molar-refractivity contribution < 1.29 is 9.53 Å². The Labute approximate surface area is 157 Å². The number of carbonyl (C=O) groups excluding carboxylic acids is 1. The van der Waals surface area contributed by atoms with Crippen LogP contribution in [0, 0.1) is 6.92 Å². The molecule has 0 radical (unpaired) electrons. The number of rotatable bonds is 3. The van der Waals surface area contributed by atoms with Gasteiger partial charge in [-0.05, 0) is 36.8 Å². The van der Waals surface area contributed by atoms with Gasteiger partial charge in [-0.15, -0.1) is 0 Å². The topological polar surface area (TPSA) is 68.2 Å². The highest BCUT2D eigenvalue weighted by Crippen LogP contribution is 2.31. The predicted octanol–water partition coefficient (Wildman–Crippen LogP) is 3.51. The fourth-order valence-electron chi connectivity index (χ4n) is 3.04. The van der Waals surface area contributed by atoms with E-state index in [2.05, 4.69) is 13.7 Å². The van der Waals surface area contributed by atoms with Crippen molar-refractivity contribution in [2.75, 3.05) is 13.1 Å². The van der Waals surface area contributed by atoms with Crippen LogP contribution in [0.4, 0.5) is 0 Å². The fraction of sp³-hybridized carbons (Fsp3) is 0.222. The maximum Gasteiger partial charge on any atom is 0.274 e. The molecule has 0 bridgehead atoms. The molecule has 0 atom stereocenters. The first-order valence-corrected chi connectivity index (χ1v) is 9.76. The Morgan fingerprint density at radius 1 is 1.19 bits per heavy atom. The number of likely N-dealkylation sites (tertiary alicyclic amines) is 1. The molecule has 0 saturated carbocycles. The summed E-state index contributed by atoms with van der Waals surface area (Å²) in [5.74, 6) is -0.0000978. The van der Waals surface area contributed by atoms with Crippen LogP contribution in [0.1, 0.15) is 15.9 Å². The summed E-state index contributed by atoms with van der Waals surface area (Å²) in [4.78, 5) is 18.9. The van der Waals surface area contributed by atoms with Gasteiger partial charge in [-0.2, -0.15) is 8.75 Å². The molecule has 1 fully saturated rings. The molecule has 8 heteroatoms. The number of benzene rings is 2. The Bertz CT molecular complexity index is 1130. The molecule has 130 valence electrons. The molecule has 0 spiro atoms. The minimum Gasteiger partial charge on any atom is -0.463 e. The van der Waals surface area contributed by atoms with E-state index in [1.165, 1.54) is 0 Å². The molecule has 0 unspecified atom stereocenters. The third-order valence-corrected chi connectivity index (χ3v) is 5.97. The zero-order chi connectivity index (χ0) is 17.7. The van der Waals surface area contributed by atoms with Gasteiger partial charge in [0, 0.05) is 5.56 Å². The second-order valence-corrected chi connectivity index (χ2v) is 7.84. The molecule has 1 amide bonds. The Hall–Kier alpha value is -2.58. The maximum atomic E-state index is 12.6. The molecule has 2 aromatic heterocycles. The summed E-state index contributed by atoms with van der Waals surface area (Å²) in [6.07, 6.45) is -0.00973. The van der Waals surface area contributed by atoms with Crippen LogP contribution in [0.5, 0.6) is 5.19 Å². The van der Waals surface area contributed by atoms with E-state index in [1.807, 2.05) is 31.2 Å². The second-order valence-electron chi connectivity index (χ2n) is 6.32. The van der Waals surface area contributed by atoms with Gasteiger partial charge in [0.05, 0.1) is 35.0 Å². The lowest BCUT2D eigenvalue weighted by Gasteiger charge is -2.38. The van der Waals surface area contributed by atoms with Crippen molar-refractivity contribution in [3.63, 3.8) is 0 Å². The molecule has 1 aliphatic heterocycles. The summed E-state index contributed by atoms with van der Waals surface area (Å²) in [6.45, 7) is 3.19. The molecule has 1 saturated heterocycles. The fourth-order valence-corrected chi connectivity index (χ4v) is 4.51. The first kappa shape index (κ1) is 15.7. The molecule has 4 aromatic rings. The van der Waals surface area contributed by atoms with Crippen molar-refractivity contribution in [2.24, 2.45) is 0 Å². The Morgan fingerprint density at radius 3 is 2.88 bits per heavy atom. The molecule has 3 heterocycles. The molecule has 5 rings (SSSR count). The van der Waals surface area contributed by atoms with Crippen LogP contribution in [-0.2, 0) is 0 Å². The maximum absolute atomic E-state index is 12.6. The highest BCUT2D eigenvalue weighted by Gasteiger charge is 2.33. The van der Waals surface area contributed by atoms with Crippen LogP contribution in [0.2, 0.25) is 0 Å². The number of aryl methyl sites for hydroxylation is 1. The quantitative estimate of drug-likeness (QED) is 0.542. The van der Waals surface area contributed by atoms with Crippen LogP contribution >= 0.6 is 23.1 Å². The van der Waals surface area contributed by atoms with Gasteiger partial charge in [0.15, 0.2) is 0 Å². The highest BCUT2D eigenvalue weighted by molar-refractivity contribution is 7.20. The summed E-state index contributed by atoms with van der Waals surface area (Å²) in [7, 11) is 0. The van der Waals surface area contributed by atoms with Gasteiger partial charge in [-0.25, -0.2) is 4.98 Å². The number of para-hydroxylation sites is 1. The number of ether oxygens (including phenoxy) is 1. The standard InChI is InChI=1S/C18H14N4O2S2/c1-10-3-2-4-15-16(10)19-18(25-15)24-12-8-22(9-12)17(23)11-5-6-13-14(7-11)21-26-20-13/h2-7,12H,8-9H2,1H3. The van der Waals surface area contributed by atoms with E-state index in [0.29, 0.717) is 23.8 Å². The van der Waals surface area contributed by atoms with Crippen molar-refractivity contribution in [1.29, 1.82) is 0 Å². The second kappa shape index (κ2) is 6.00. The Morgan fingerprint density at radius 2 is 2.04 bits per heavy atom. The number of amides is 1. The van der Waals surface area contributed by atoms with Crippen LogP contribution in [0.25, 0.3) is 21.3 Å². The third-order valence-electron chi connectivity index (χ3n) is 4.50. The van der Waals surface area contributed by atoms with E-state index in [0.717, 1.165) is 38.5 Å². The van der Waals surface area contributed by atoms with Crippen LogP contribution in [0.15, 0.2) is 36.4 Å². The van der Waals surface area contributed by atoms with E-state index in [4.69, 9.17) is 4.74 Å². The number of thiazole rings is 1. The number of hydrogen-bond acceptors (Lipinski definition) is 7. The zero-order valence-corrected chi connectivity index (χ0v) is 15.5. The minimum absolute atomic E-state index is 0.0000978. The number of aromatic nitrogens is 3. The van der Waals surface area contributed by atoms with E-state index >= 15 is 0 Å². The number of hydrogen-bond donors (Lipinski definition) is 0. The first-order valence-electron chi connectivity index (χ1n) is 8.22. The number of fused-ring (bicyclic) bond motifs is 2. The summed E-state index contributed by atoms with van der Waals surface area (Å²) in [5, 5.41) is 0.668. The summed E-state index contributed by atoms with van der Waals surface area (Å²) in [5.41, 5.74) is 4.36. The van der Waals surface area contributed by atoms with Crippen molar-refractivity contribution >= 4 is 50.2 Å². The summed E-state index contributed by atoms with van der Waals surface area (Å²) in [6, 6.07) is 11.6. The van der Waals surface area contributed by atoms with Crippen molar-refractivity contribution in [1.82, 2.24) is 18.6 Å². The molecule has 26 heavy (non-hydrogen) atoms. The third kappa shape index (κ3) is 2.62. The molecule has 6 nitrogen and oxygen atoms in total. The molecular weight excluding hydrogens is 368 g/mol. The Kier molecular flexibility index (Phi) is 3.61. The summed E-state index contributed by atoms with van der Waals surface area (Å²) >= 11 is 2.70. The van der Waals surface area contributed by atoms with Gasteiger partial charge >= 0.3 is 0 Å². The van der Waals surface area contributed by atoms with E-state index in [-0.39, 0.29) is 12.0 Å². The van der Waals surface area contributed by atoms with Crippen molar-refractivity contribution in [3.8, 4) is 5.19 Å². The molecular formula is C18H14N4O2S2. The lowest BCUT2D eigenvalue weighted by Crippen LogP contribution is -2.56. The van der Waals surface area contributed by atoms with Crippen LogP contribution < -0.4 is 4.74 Å². The van der Waals surface area contributed by atoms with Crippen molar-refractivity contribution in [2.45, 2.75) is 13.0 Å². The number of carbonyl (C=O) groups is 1. The van der Waals surface area contributed by atoms with E-state index < -0.39 is 0 Å².